The van der Waals surface area contributed by atoms with Gasteiger partial charge >= 0.3 is 0 Å². The van der Waals surface area contributed by atoms with E-state index in [0.29, 0.717) is 5.75 Å². The zero-order valence-corrected chi connectivity index (χ0v) is 20.0. The predicted molar refractivity (Wildman–Crippen MR) is 115 cm³/mol. The Bertz CT molecular complexity index is 606. The van der Waals surface area contributed by atoms with Crippen LogP contribution in [0.3, 0.4) is 0 Å². The smallest absolute Gasteiger partial charge is 0.179 e. The van der Waals surface area contributed by atoms with E-state index in [4.69, 9.17) is 0 Å². The molecule has 1 rings (SSSR count). The van der Waals surface area contributed by atoms with Gasteiger partial charge in [-0.3, -0.25) is 5.04 Å². The van der Waals surface area contributed by atoms with Gasteiger partial charge in [-0.25, -0.2) is 17.6 Å². The standard InChI is InChI=1S/C22H34F4O3S2/c1-3-5-7-9-10-12-14-16(13-11-8-6-4-2)15-30-21-17(23)19(25)22(31-29-28-27)20(26)18(21)24/h16,27H,3-15H2,1-2H3/p-1. The molecule has 0 aliphatic rings. The minimum Gasteiger partial charge on any atom is -0.691 e. The summed E-state index contributed by atoms with van der Waals surface area (Å²) in [5, 5.41) is 12.8. The first-order chi connectivity index (χ1) is 15.0. The van der Waals surface area contributed by atoms with Crippen molar-refractivity contribution in [3.8, 4) is 0 Å². The minimum absolute atomic E-state index is 0.204. The van der Waals surface area contributed by atoms with Gasteiger partial charge in [-0.15, -0.1) is 11.8 Å². The molecule has 31 heavy (non-hydrogen) atoms. The quantitative estimate of drug-likeness (QED) is 0.0402. The van der Waals surface area contributed by atoms with E-state index in [1.165, 1.54) is 25.7 Å². The Labute approximate surface area is 191 Å². The highest BCUT2D eigenvalue weighted by Gasteiger charge is 2.27. The third-order valence-corrected chi connectivity index (χ3v) is 7.16. The van der Waals surface area contributed by atoms with E-state index in [2.05, 4.69) is 23.2 Å². The van der Waals surface area contributed by atoms with Crippen molar-refractivity contribution >= 4 is 23.8 Å². The van der Waals surface area contributed by atoms with Crippen LogP contribution < -0.4 is 5.26 Å². The Morgan fingerprint density at radius 3 is 1.68 bits per heavy atom. The van der Waals surface area contributed by atoms with Crippen LogP contribution in [0, 0.1) is 29.2 Å². The lowest BCUT2D eigenvalue weighted by Gasteiger charge is -2.18. The van der Waals surface area contributed by atoms with Gasteiger partial charge in [0.15, 0.2) is 23.3 Å². The zero-order valence-electron chi connectivity index (χ0n) is 18.3. The molecule has 0 saturated heterocycles. The second kappa shape index (κ2) is 17.1. The Balaban J connectivity index is 2.75. The molecule has 0 amide bonds. The Morgan fingerprint density at radius 1 is 0.710 bits per heavy atom. The van der Waals surface area contributed by atoms with Crippen molar-refractivity contribution < 1.29 is 32.2 Å². The lowest BCUT2D eigenvalue weighted by molar-refractivity contribution is -0.777. The average molecular weight is 486 g/mol. The van der Waals surface area contributed by atoms with Gasteiger partial charge in [-0.05, 0) is 18.8 Å². The third kappa shape index (κ3) is 10.3. The van der Waals surface area contributed by atoms with Crippen molar-refractivity contribution in [3.05, 3.63) is 23.3 Å². The van der Waals surface area contributed by atoms with Crippen molar-refractivity contribution in [1.29, 1.82) is 0 Å². The van der Waals surface area contributed by atoms with Gasteiger partial charge in [0.05, 0.1) is 16.9 Å². The second-order valence-electron chi connectivity index (χ2n) is 7.72. The first-order valence-corrected chi connectivity index (χ1v) is 12.8. The maximum atomic E-state index is 14.4. The summed E-state index contributed by atoms with van der Waals surface area (Å²) in [5.41, 5.74) is 0. The van der Waals surface area contributed by atoms with Crippen molar-refractivity contribution in [2.45, 2.75) is 101 Å². The van der Waals surface area contributed by atoms with Gasteiger partial charge in [0.2, 0.25) is 0 Å². The van der Waals surface area contributed by atoms with Crippen LogP contribution in [0.1, 0.15) is 90.9 Å². The maximum absolute atomic E-state index is 14.4. The van der Waals surface area contributed by atoms with Crippen molar-refractivity contribution in [1.82, 2.24) is 0 Å². The fourth-order valence-electron chi connectivity index (χ4n) is 3.42. The van der Waals surface area contributed by atoms with Crippen molar-refractivity contribution in [2.24, 2.45) is 5.92 Å². The summed E-state index contributed by atoms with van der Waals surface area (Å²) < 4.78 is 60.8. The van der Waals surface area contributed by atoms with Crippen LogP contribution in [0.4, 0.5) is 17.6 Å². The molecule has 0 saturated carbocycles. The van der Waals surface area contributed by atoms with E-state index in [1.807, 2.05) is 0 Å². The Morgan fingerprint density at radius 2 is 1.16 bits per heavy atom. The lowest BCUT2D eigenvalue weighted by atomic mass is 9.96. The molecule has 1 aromatic rings. The lowest BCUT2D eigenvalue weighted by Crippen LogP contribution is -2.08. The number of halogens is 4. The van der Waals surface area contributed by atoms with E-state index in [1.54, 1.807) is 0 Å². The number of thioether (sulfide) groups is 1. The fourth-order valence-corrected chi connectivity index (χ4v) is 5.01. The van der Waals surface area contributed by atoms with Crippen LogP contribution in [0.25, 0.3) is 0 Å². The van der Waals surface area contributed by atoms with E-state index in [0.717, 1.165) is 63.1 Å². The van der Waals surface area contributed by atoms with Crippen LogP contribution in [0.15, 0.2) is 9.79 Å². The molecule has 9 heteroatoms. The second-order valence-corrected chi connectivity index (χ2v) is 9.46. The molecule has 0 aliphatic carbocycles. The molecule has 0 fully saturated rings. The fraction of sp³-hybridized carbons (Fsp3) is 0.727. The van der Waals surface area contributed by atoms with Gasteiger partial charge in [0.1, 0.15) is 4.90 Å². The summed E-state index contributed by atoms with van der Waals surface area (Å²) in [4.78, 5) is -1.76. The highest BCUT2D eigenvalue weighted by atomic mass is 32.2. The Kier molecular flexibility index (Phi) is 15.7. The summed E-state index contributed by atoms with van der Waals surface area (Å²) in [6.07, 6.45) is 13.2. The minimum atomic E-state index is -1.60. The summed E-state index contributed by atoms with van der Waals surface area (Å²) >= 11 is 0.601. The summed E-state index contributed by atoms with van der Waals surface area (Å²) in [6.45, 7) is 4.30. The van der Waals surface area contributed by atoms with Gasteiger partial charge in [0.25, 0.3) is 0 Å². The van der Waals surface area contributed by atoms with Crippen molar-refractivity contribution in [3.63, 3.8) is 0 Å². The maximum Gasteiger partial charge on any atom is 0.179 e. The molecule has 180 valence electrons. The highest BCUT2D eigenvalue weighted by Crippen LogP contribution is 2.37. The Hall–Kier alpha value is -0.480. The summed E-state index contributed by atoms with van der Waals surface area (Å²) in [5.74, 6) is -5.54. The first-order valence-electron chi connectivity index (χ1n) is 11.1. The molecule has 0 radical (unpaired) electrons. The van der Waals surface area contributed by atoms with Gasteiger partial charge in [-0.1, -0.05) is 78.1 Å². The monoisotopic (exact) mass is 485 g/mol. The third-order valence-electron chi connectivity index (χ3n) is 5.22. The zero-order chi connectivity index (χ0) is 23.1. The van der Waals surface area contributed by atoms with Crippen LogP contribution in [0.2, 0.25) is 0 Å². The summed E-state index contributed by atoms with van der Waals surface area (Å²) in [6, 6.07) is 0. The molecule has 0 N–H and O–H groups in total. The van der Waals surface area contributed by atoms with E-state index < -0.39 is 33.1 Å². The predicted octanol–water partition coefficient (Wildman–Crippen LogP) is 7.90. The van der Waals surface area contributed by atoms with E-state index >= 15 is 0 Å². The summed E-state index contributed by atoms with van der Waals surface area (Å²) in [7, 11) is 0. The average Bonchev–Trinajstić information content (AvgIpc) is 2.77. The first kappa shape index (κ1) is 28.6. The molecule has 0 aromatic heterocycles. The van der Waals surface area contributed by atoms with Crippen LogP contribution in [0.5, 0.6) is 0 Å². The molecule has 0 spiro atoms. The van der Waals surface area contributed by atoms with Gasteiger partial charge in [-0.2, -0.15) is 4.33 Å². The number of rotatable bonds is 18. The molecule has 1 aromatic carbocycles. The van der Waals surface area contributed by atoms with Crippen molar-refractivity contribution in [2.75, 3.05) is 5.75 Å². The van der Waals surface area contributed by atoms with Gasteiger partial charge in [0, 0.05) is 5.75 Å². The van der Waals surface area contributed by atoms with Crippen LogP contribution in [-0.4, -0.2) is 5.75 Å². The normalized spacial score (nSPS) is 12.5. The number of unbranched alkanes of at least 4 members (excludes halogenated alkanes) is 8. The van der Waals surface area contributed by atoms with Crippen LogP contribution >= 0.6 is 23.8 Å². The number of hydrogen-bond acceptors (Lipinski definition) is 5. The molecule has 3 nitrogen and oxygen atoms in total. The molecule has 0 aliphatic heterocycles. The molecule has 1 unspecified atom stereocenters. The van der Waals surface area contributed by atoms with Gasteiger partial charge < -0.3 is 5.26 Å². The highest BCUT2D eigenvalue weighted by molar-refractivity contribution is 7.99. The van der Waals surface area contributed by atoms with Crippen LogP contribution in [-0.2, 0) is 9.37 Å². The molecule has 0 bridgehead atoms. The molecule has 1 atom stereocenters. The molecule has 0 heterocycles. The topological polar surface area (TPSA) is 41.5 Å². The van der Waals surface area contributed by atoms with E-state index in [9.17, 15) is 22.8 Å². The number of benzene rings is 1. The SMILES string of the molecule is CCCCCCCCC(CCCCCC)CSc1c(F)c(F)c(SOO[O-])c(F)c1F. The molecular formula is C22H33F4O3S2-. The largest absolute Gasteiger partial charge is 0.691 e. The molecular weight excluding hydrogens is 452 g/mol. The number of hydrogen-bond donors (Lipinski definition) is 0. The van der Waals surface area contributed by atoms with E-state index in [-0.39, 0.29) is 18.0 Å².